The monoisotopic (exact) mass is 525 g/mol. The Hall–Kier alpha value is -3.21. The molecule has 0 aliphatic carbocycles. The molecule has 2 saturated heterocycles. The zero-order chi connectivity index (χ0) is 26.0. The van der Waals surface area contributed by atoms with Crippen LogP contribution < -0.4 is 10.3 Å². The summed E-state index contributed by atoms with van der Waals surface area (Å²) < 4.78 is 49.1. The molecule has 0 spiro atoms. The van der Waals surface area contributed by atoms with Crippen molar-refractivity contribution in [3.8, 4) is 5.69 Å². The first-order valence-corrected chi connectivity index (χ1v) is 14.0. The zero-order valence-corrected chi connectivity index (χ0v) is 22.0. The van der Waals surface area contributed by atoms with Crippen LogP contribution in [-0.4, -0.2) is 62.9 Å². The van der Waals surface area contributed by atoms with Crippen LogP contribution in [0.2, 0.25) is 0 Å². The molecular formula is C27H32FN5O3S. The maximum absolute atomic E-state index is 13.5. The van der Waals surface area contributed by atoms with Crippen molar-refractivity contribution in [2.45, 2.75) is 31.6 Å². The van der Waals surface area contributed by atoms with Crippen LogP contribution >= 0.6 is 0 Å². The second-order valence-corrected chi connectivity index (χ2v) is 11.3. The van der Waals surface area contributed by atoms with Gasteiger partial charge in [0.2, 0.25) is 10.0 Å². The van der Waals surface area contributed by atoms with Crippen LogP contribution in [0, 0.1) is 19.7 Å². The number of nitrogens with one attached hydrogen (secondary N) is 1. The van der Waals surface area contributed by atoms with Crippen molar-refractivity contribution < 1.29 is 17.5 Å². The van der Waals surface area contributed by atoms with E-state index in [9.17, 15) is 12.8 Å². The Bertz CT molecular complexity index is 1390. The number of anilines is 2. The fourth-order valence-corrected chi connectivity index (χ4v) is 6.42. The van der Waals surface area contributed by atoms with Gasteiger partial charge in [-0.15, -0.1) is 0 Å². The maximum Gasteiger partial charge on any atom is 0.243 e. The van der Waals surface area contributed by atoms with E-state index in [-0.39, 0.29) is 10.7 Å². The minimum atomic E-state index is -3.64. The van der Waals surface area contributed by atoms with Crippen molar-refractivity contribution in [3.05, 3.63) is 71.3 Å². The number of rotatable bonds is 7. The third kappa shape index (κ3) is 5.27. The standard InChI is InChI=1S/C27H32FN5O3S/c1-20-17-22(19-29-30-24-7-5-23(28)6-8-24)21(2)33(20)27-18-25(9-10-26(27)31-11-3-4-12-31)37(34,35)32-13-15-36-16-14-32/h5-10,17-19,30H,3-4,11-16H2,1-2H3/b29-19+. The molecule has 0 amide bonds. The van der Waals surface area contributed by atoms with E-state index < -0.39 is 10.0 Å². The molecular weight excluding hydrogens is 493 g/mol. The van der Waals surface area contributed by atoms with Gasteiger partial charge in [-0.25, -0.2) is 12.8 Å². The summed E-state index contributed by atoms with van der Waals surface area (Å²) in [6.07, 6.45) is 3.96. The molecule has 1 aromatic heterocycles. The average molecular weight is 526 g/mol. The third-order valence-corrected chi connectivity index (χ3v) is 8.85. The number of halogens is 1. The first-order chi connectivity index (χ1) is 17.8. The number of hydrazone groups is 1. The highest BCUT2D eigenvalue weighted by molar-refractivity contribution is 7.89. The largest absolute Gasteiger partial charge is 0.379 e. The minimum Gasteiger partial charge on any atom is -0.379 e. The molecule has 0 radical (unpaired) electrons. The van der Waals surface area contributed by atoms with Crippen LogP contribution in [0.5, 0.6) is 0 Å². The number of aromatic nitrogens is 1. The first kappa shape index (κ1) is 25.4. The Morgan fingerprint density at radius 3 is 2.35 bits per heavy atom. The number of ether oxygens (including phenoxy) is 1. The lowest BCUT2D eigenvalue weighted by Crippen LogP contribution is -2.40. The predicted molar refractivity (Wildman–Crippen MR) is 144 cm³/mol. The van der Waals surface area contributed by atoms with Crippen LogP contribution in [0.3, 0.4) is 0 Å². The molecule has 2 aliphatic heterocycles. The summed E-state index contributed by atoms with van der Waals surface area (Å²) in [6, 6.07) is 13.5. The van der Waals surface area contributed by atoms with Gasteiger partial charge in [0.15, 0.2) is 0 Å². The zero-order valence-electron chi connectivity index (χ0n) is 21.2. The lowest BCUT2D eigenvalue weighted by Gasteiger charge is -2.28. The summed E-state index contributed by atoms with van der Waals surface area (Å²) in [4.78, 5) is 2.61. The Balaban J connectivity index is 1.52. The Morgan fingerprint density at radius 2 is 1.65 bits per heavy atom. The van der Waals surface area contributed by atoms with Crippen molar-refractivity contribution in [1.29, 1.82) is 0 Å². The van der Waals surface area contributed by atoms with Crippen molar-refractivity contribution in [3.63, 3.8) is 0 Å². The van der Waals surface area contributed by atoms with E-state index in [1.165, 1.54) is 16.4 Å². The van der Waals surface area contributed by atoms with Crippen molar-refractivity contribution >= 4 is 27.6 Å². The van der Waals surface area contributed by atoms with Gasteiger partial charge in [0, 0.05) is 43.1 Å². The molecule has 8 nitrogen and oxygen atoms in total. The molecule has 2 fully saturated rings. The van der Waals surface area contributed by atoms with Crippen LogP contribution in [0.15, 0.2) is 58.5 Å². The van der Waals surface area contributed by atoms with E-state index in [4.69, 9.17) is 4.74 Å². The van der Waals surface area contributed by atoms with Gasteiger partial charge < -0.3 is 14.2 Å². The quantitative estimate of drug-likeness (QED) is 0.368. The SMILES string of the molecule is Cc1cc(/C=N/Nc2ccc(F)cc2)c(C)n1-c1cc(S(=O)(=O)N2CCOCC2)ccc1N1CCCC1. The molecule has 0 atom stereocenters. The van der Waals surface area contributed by atoms with E-state index in [0.29, 0.717) is 32.0 Å². The number of morpholine rings is 1. The van der Waals surface area contributed by atoms with Gasteiger partial charge in [-0.3, -0.25) is 5.43 Å². The number of hydrogen-bond donors (Lipinski definition) is 1. The molecule has 1 N–H and O–H groups in total. The first-order valence-electron chi connectivity index (χ1n) is 12.6. The number of hydrogen-bond acceptors (Lipinski definition) is 6. The summed E-state index contributed by atoms with van der Waals surface area (Å²) in [6.45, 7) is 7.42. The van der Waals surface area contributed by atoms with Crippen LogP contribution in [0.25, 0.3) is 5.69 Å². The molecule has 0 unspecified atom stereocenters. The fraction of sp³-hybridized carbons (Fsp3) is 0.370. The van der Waals surface area contributed by atoms with Crippen molar-refractivity contribution in [2.75, 3.05) is 49.7 Å². The Labute approximate surface area is 217 Å². The molecule has 2 aromatic carbocycles. The molecule has 196 valence electrons. The number of nitrogens with zero attached hydrogens (tertiary/aromatic N) is 4. The van der Waals surface area contributed by atoms with Gasteiger partial charge in [0.25, 0.3) is 0 Å². The van der Waals surface area contributed by atoms with E-state index in [0.717, 1.165) is 54.3 Å². The van der Waals surface area contributed by atoms with E-state index in [2.05, 4.69) is 20.0 Å². The second-order valence-electron chi connectivity index (χ2n) is 9.40. The highest BCUT2D eigenvalue weighted by Crippen LogP contribution is 2.34. The predicted octanol–water partition coefficient (Wildman–Crippen LogP) is 4.30. The molecule has 10 heteroatoms. The summed E-state index contributed by atoms with van der Waals surface area (Å²) in [5.74, 6) is -0.301. The van der Waals surface area contributed by atoms with E-state index in [1.54, 1.807) is 30.5 Å². The minimum absolute atomic E-state index is 0.285. The van der Waals surface area contributed by atoms with Gasteiger partial charge >= 0.3 is 0 Å². The van der Waals surface area contributed by atoms with E-state index in [1.807, 2.05) is 26.0 Å². The van der Waals surface area contributed by atoms with E-state index >= 15 is 0 Å². The summed E-state index contributed by atoms with van der Waals surface area (Å²) in [5.41, 5.74) is 8.30. The van der Waals surface area contributed by atoms with Gasteiger partial charge in [0.05, 0.1) is 41.4 Å². The highest BCUT2D eigenvalue weighted by Gasteiger charge is 2.28. The van der Waals surface area contributed by atoms with Crippen LogP contribution in [0.4, 0.5) is 15.8 Å². The van der Waals surface area contributed by atoms with Crippen LogP contribution in [0.1, 0.15) is 29.8 Å². The smallest absolute Gasteiger partial charge is 0.243 e. The van der Waals surface area contributed by atoms with Crippen molar-refractivity contribution in [2.24, 2.45) is 5.10 Å². The maximum atomic E-state index is 13.5. The molecule has 2 aliphatic rings. The number of aryl methyl sites for hydroxylation is 1. The number of sulfonamides is 1. The van der Waals surface area contributed by atoms with Crippen molar-refractivity contribution in [1.82, 2.24) is 8.87 Å². The van der Waals surface area contributed by atoms with Crippen LogP contribution in [-0.2, 0) is 14.8 Å². The fourth-order valence-electron chi connectivity index (χ4n) is 4.99. The molecule has 0 bridgehead atoms. The lowest BCUT2D eigenvalue weighted by molar-refractivity contribution is 0.0730. The summed E-state index contributed by atoms with van der Waals surface area (Å²) in [5, 5.41) is 4.33. The summed E-state index contributed by atoms with van der Waals surface area (Å²) in [7, 11) is -3.64. The normalized spacial score (nSPS) is 17.1. The molecule has 37 heavy (non-hydrogen) atoms. The molecule has 3 heterocycles. The summed E-state index contributed by atoms with van der Waals surface area (Å²) >= 11 is 0. The highest BCUT2D eigenvalue weighted by atomic mass is 32.2. The lowest BCUT2D eigenvalue weighted by atomic mass is 10.2. The topological polar surface area (TPSA) is 79.2 Å². The molecule has 0 saturated carbocycles. The average Bonchev–Trinajstić information content (AvgIpc) is 3.53. The Kier molecular flexibility index (Phi) is 7.32. The molecule has 3 aromatic rings. The van der Waals surface area contributed by atoms with Gasteiger partial charge in [-0.05, 0) is 75.2 Å². The van der Waals surface area contributed by atoms with Gasteiger partial charge in [-0.2, -0.15) is 9.41 Å². The van der Waals surface area contributed by atoms with Gasteiger partial charge in [-0.1, -0.05) is 0 Å². The Morgan fingerprint density at radius 1 is 0.946 bits per heavy atom. The van der Waals surface area contributed by atoms with Gasteiger partial charge in [0.1, 0.15) is 5.82 Å². The number of benzene rings is 2. The molecule has 5 rings (SSSR count). The third-order valence-electron chi connectivity index (χ3n) is 6.95. The second kappa shape index (κ2) is 10.6.